The summed E-state index contributed by atoms with van der Waals surface area (Å²) in [6, 6.07) is 11.3. The van der Waals surface area contributed by atoms with Crippen molar-refractivity contribution in [2.75, 3.05) is 7.05 Å². The molecule has 7 nitrogen and oxygen atoms in total. The molecule has 0 aliphatic carbocycles. The topological polar surface area (TPSA) is 86.9 Å². The van der Waals surface area contributed by atoms with Crippen LogP contribution in [0.4, 0.5) is 0 Å². The van der Waals surface area contributed by atoms with E-state index >= 15 is 0 Å². The van der Waals surface area contributed by atoms with E-state index in [2.05, 4.69) is 36.0 Å². The molecular weight excluding hydrogens is 290 g/mol. The molecule has 0 bridgehead atoms. The number of aliphatic imine (C=N–C) groups is 1. The number of nitrogens with one attached hydrogen (secondary N) is 2. The number of guanidine groups is 1. The highest BCUT2D eigenvalue weighted by molar-refractivity contribution is 5.98. The second-order valence-electron chi connectivity index (χ2n) is 4.62. The number of nitrogens with zero attached hydrogens (tertiary/aromatic N) is 5. The third-order valence-corrected chi connectivity index (χ3v) is 2.95. The highest BCUT2D eigenvalue weighted by Crippen LogP contribution is 1.96. The van der Waals surface area contributed by atoms with Crippen LogP contribution in [-0.2, 0) is 0 Å². The highest BCUT2D eigenvalue weighted by atomic mass is 15.5. The smallest absolute Gasteiger partial charge is 0.232 e. The molecule has 0 radical (unpaired) electrons. The Hall–Kier alpha value is -3.09. The summed E-state index contributed by atoms with van der Waals surface area (Å²) in [5.41, 5.74) is 8.76. The number of hydrogen-bond acceptors (Lipinski definition) is 5. The van der Waals surface area contributed by atoms with Crippen molar-refractivity contribution in [2.24, 2.45) is 15.2 Å². The maximum atomic E-state index is 4.24. The van der Waals surface area contributed by atoms with Gasteiger partial charge in [-0.25, -0.2) is 10.9 Å². The van der Waals surface area contributed by atoms with Gasteiger partial charge in [-0.05, 0) is 38.1 Å². The molecule has 0 amide bonds. The Morgan fingerprint density at radius 2 is 1.30 bits per heavy atom. The van der Waals surface area contributed by atoms with Crippen molar-refractivity contribution >= 4 is 17.4 Å². The van der Waals surface area contributed by atoms with Gasteiger partial charge in [0.15, 0.2) is 0 Å². The van der Waals surface area contributed by atoms with Crippen LogP contribution in [0.5, 0.6) is 0 Å². The van der Waals surface area contributed by atoms with Crippen molar-refractivity contribution in [1.82, 2.24) is 20.8 Å². The first kappa shape index (κ1) is 16.3. The van der Waals surface area contributed by atoms with Crippen LogP contribution < -0.4 is 10.9 Å². The zero-order valence-electron chi connectivity index (χ0n) is 13.4. The Balaban J connectivity index is 1.99. The standard InChI is InChI=1S/C16H19N7/c1-12(14-8-4-6-10-18-14)20-22-16(17-3)23-21-13(2)15-9-5-7-11-19-15/h4-11H,1-3H3,(H2,17,22,23)/b20-12+,21-13+. The van der Waals surface area contributed by atoms with Crippen LogP contribution in [0.1, 0.15) is 25.2 Å². The van der Waals surface area contributed by atoms with Crippen molar-refractivity contribution in [1.29, 1.82) is 0 Å². The minimum atomic E-state index is 0.426. The average Bonchev–Trinajstić information content (AvgIpc) is 2.62. The van der Waals surface area contributed by atoms with Crippen LogP contribution in [-0.4, -0.2) is 34.4 Å². The molecule has 23 heavy (non-hydrogen) atoms. The zero-order chi connectivity index (χ0) is 16.5. The number of aromatic nitrogens is 2. The maximum absolute atomic E-state index is 4.24. The Morgan fingerprint density at radius 3 is 1.65 bits per heavy atom. The van der Waals surface area contributed by atoms with Crippen LogP contribution in [0.15, 0.2) is 64.0 Å². The van der Waals surface area contributed by atoms with E-state index in [1.54, 1.807) is 19.4 Å². The molecule has 0 spiro atoms. The van der Waals surface area contributed by atoms with E-state index in [9.17, 15) is 0 Å². The fourth-order valence-corrected chi connectivity index (χ4v) is 1.67. The lowest BCUT2D eigenvalue weighted by atomic mass is 10.3. The monoisotopic (exact) mass is 309 g/mol. The molecule has 0 atom stereocenters. The van der Waals surface area contributed by atoms with Gasteiger partial charge in [0, 0.05) is 19.4 Å². The second-order valence-corrected chi connectivity index (χ2v) is 4.62. The maximum Gasteiger partial charge on any atom is 0.232 e. The second kappa shape index (κ2) is 8.38. The van der Waals surface area contributed by atoms with Crippen LogP contribution >= 0.6 is 0 Å². The molecule has 0 aliphatic rings. The third kappa shape index (κ3) is 4.99. The van der Waals surface area contributed by atoms with E-state index in [1.807, 2.05) is 50.2 Å². The van der Waals surface area contributed by atoms with Gasteiger partial charge in [0.25, 0.3) is 0 Å². The van der Waals surface area contributed by atoms with Gasteiger partial charge in [-0.3, -0.25) is 15.0 Å². The van der Waals surface area contributed by atoms with Crippen molar-refractivity contribution in [3.05, 3.63) is 60.2 Å². The lowest BCUT2D eigenvalue weighted by molar-refractivity contribution is 0.889. The molecule has 0 aliphatic heterocycles. The lowest BCUT2D eigenvalue weighted by Gasteiger charge is -2.06. The van der Waals surface area contributed by atoms with Crippen LogP contribution in [0.25, 0.3) is 0 Å². The summed E-state index contributed by atoms with van der Waals surface area (Å²) >= 11 is 0. The molecule has 2 aromatic rings. The summed E-state index contributed by atoms with van der Waals surface area (Å²) in [5.74, 6) is 0.426. The van der Waals surface area contributed by atoms with Gasteiger partial charge in [0.2, 0.25) is 5.96 Å². The first-order chi connectivity index (χ1) is 11.2. The molecule has 2 rings (SSSR count). The predicted molar refractivity (Wildman–Crippen MR) is 92.5 cm³/mol. The van der Waals surface area contributed by atoms with Gasteiger partial charge < -0.3 is 0 Å². The zero-order valence-corrected chi connectivity index (χ0v) is 13.4. The SMILES string of the molecule is CN=C(N/N=C(\C)c1ccccn1)N/N=C(\C)c1ccccn1. The molecule has 118 valence electrons. The van der Waals surface area contributed by atoms with E-state index in [0.29, 0.717) is 5.96 Å². The molecule has 2 heterocycles. The molecular formula is C16H19N7. The first-order valence-corrected chi connectivity index (χ1v) is 7.11. The predicted octanol–water partition coefficient (Wildman–Crippen LogP) is 1.79. The van der Waals surface area contributed by atoms with Gasteiger partial charge in [0.05, 0.1) is 22.8 Å². The molecule has 0 saturated carbocycles. The van der Waals surface area contributed by atoms with Gasteiger partial charge in [0.1, 0.15) is 0 Å². The minimum Gasteiger partial charge on any atom is -0.255 e. The normalized spacial score (nSPS) is 11.8. The average molecular weight is 309 g/mol. The van der Waals surface area contributed by atoms with Crippen LogP contribution in [0, 0.1) is 0 Å². The Morgan fingerprint density at radius 1 is 0.826 bits per heavy atom. The minimum absolute atomic E-state index is 0.426. The van der Waals surface area contributed by atoms with Gasteiger partial charge in [-0.1, -0.05) is 12.1 Å². The van der Waals surface area contributed by atoms with E-state index in [4.69, 9.17) is 0 Å². The van der Waals surface area contributed by atoms with Crippen molar-refractivity contribution in [3.8, 4) is 0 Å². The molecule has 0 saturated heterocycles. The number of pyridine rings is 2. The van der Waals surface area contributed by atoms with E-state index < -0.39 is 0 Å². The Labute approximate surface area is 135 Å². The molecule has 2 aromatic heterocycles. The number of hydrogen-bond donors (Lipinski definition) is 2. The van der Waals surface area contributed by atoms with Gasteiger partial charge >= 0.3 is 0 Å². The first-order valence-electron chi connectivity index (χ1n) is 7.11. The molecule has 7 heteroatoms. The van der Waals surface area contributed by atoms with Crippen molar-refractivity contribution in [3.63, 3.8) is 0 Å². The molecule has 0 fully saturated rings. The van der Waals surface area contributed by atoms with Crippen molar-refractivity contribution < 1.29 is 0 Å². The fourth-order valence-electron chi connectivity index (χ4n) is 1.67. The number of hydrazone groups is 2. The summed E-state index contributed by atoms with van der Waals surface area (Å²) in [6.07, 6.45) is 3.45. The third-order valence-electron chi connectivity index (χ3n) is 2.95. The Kier molecular flexibility index (Phi) is 5.93. The molecule has 0 aromatic carbocycles. The summed E-state index contributed by atoms with van der Waals surface area (Å²) in [5, 5.41) is 8.48. The summed E-state index contributed by atoms with van der Waals surface area (Å²) < 4.78 is 0. The van der Waals surface area contributed by atoms with E-state index in [0.717, 1.165) is 22.8 Å². The van der Waals surface area contributed by atoms with E-state index in [1.165, 1.54) is 0 Å². The fraction of sp³-hybridized carbons (Fsp3) is 0.188. The summed E-state index contributed by atoms with van der Waals surface area (Å²) in [4.78, 5) is 12.5. The van der Waals surface area contributed by atoms with Gasteiger partial charge in [-0.2, -0.15) is 10.2 Å². The lowest BCUT2D eigenvalue weighted by Crippen LogP contribution is -2.32. The van der Waals surface area contributed by atoms with Crippen molar-refractivity contribution in [2.45, 2.75) is 13.8 Å². The quantitative estimate of drug-likeness (QED) is 0.512. The molecule has 2 N–H and O–H groups in total. The highest BCUT2D eigenvalue weighted by Gasteiger charge is 2.01. The van der Waals surface area contributed by atoms with Gasteiger partial charge in [-0.15, -0.1) is 0 Å². The Bertz CT molecular complexity index is 646. The summed E-state index contributed by atoms with van der Waals surface area (Å²) in [6.45, 7) is 3.73. The largest absolute Gasteiger partial charge is 0.255 e. The van der Waals surface area contributed by atoms with E-state index in [-0.39, 0.29) is 0 Å². The summed E-state index contributed by atoms with van der Waals surface area (Å²) in [7, 11) is 1.65. The van der Waals surface area contributed by atoms with Crippen LogP contribution in [0.2, 0.25) is 0 Å². The van der Waals surface area contributed by atoms with Crippen LogP contribution in [0.3, 0.4) is 0 Å². The number of rotatable bonds is 4. The molecule has 0 unspecified atom stereocenters.